The summed E-state index contributed by atoms with van der Waals surface area (Å²) in [6.07, 6.45) is 7.34. The molecule has 0 aromatic rings. The number of ether oxygens (including phenoxy) is 1. The van der Waals surface area contributed by atoms with Crippen molar-refractivity contribution in [3.8, 4) is 0 Å². The third-order valence-electron chi connectivity index (χ3n) is 5.58. The minimum atomic E-state index is -0.0553. The van der Waals surface area contributed by atoms with Crippen molar-refractivity contribution >= 4 is 0 Å². The molecule has 0 amide bonds. The maximum Gasteiger partial charge on any atom is 0.0814 e. The third-order valence-corrected chi connectivity index (χ3v) is 5.58. The first kappa shape index (κ1) is 14.8. The standard InChI is InChI=1S/C18H33NO/c1-15(2,3)14(20-16(4,5)6)18-8-7-11-19(18)13-17(12-18)9-10-17/h14H,7-13H2,1-6H3. The van der Waals surface area contributed by atoms with Crippen LogP contribution >= 0.6 is 0 Å². The fourth-order valence-corrected chi connectivity index (χ4v) is 4.85. The van der Waals surface area contributed by atoms with Gasteiger partial charge in [-0.05, 0) is 70.3 Å². The van der Waals surface area contributed by atoms with Gasteiger partial charge in [-0.1, -0.05) is 20.8 Å². The van der Waals surface area contributed by atoms with Crippen molar-refractivity contribution < 1.29 is 4.74 Å². The van der Waals surface area contributed by atoms with E-state index in [0.717, 1.165) is 0 Å². The molecule has 2 nitrogen and oxygen atoms in total. The molecule has 2 heterocycles. The molecule has 0 radical (unpaired) electrons. The minimum Gasteiger partial charge on any atom is -0.370 e. The molecule has 0 aromatic carbocycles. The molecule has 1 aliphatic carbocycles. The molecule has 0 aromatic heterocycles. The van der Waals surface area contributed by atoms with Gasteiger partial charge in [-0.2, -0.15) is 0 Å². The number of fused-ring (bicyclic) bond motifs is 1. The van der Waals surface area contributed by atoms with Crippen LogP contribution in [0.15, 0.2) is 0 Å². The molecule has 1 spiro atoms. The largest absolute Gasteiger partial charge is 0.370 e. The van der Waals surface area contributed by atoms with Crippen LogP contribution in [-0.4, -0.2) is 35.2 Å². The Morgan fingerprint density at radius 1 is 1.00 bits per heavy atom. The van der Waals surface area contributed by atoms with Crippen molar-refractivity contribution in [1.82, 2.24) is 4.90 Å². The zero-order valence-corrected chi connectivity index (χ0v) is 14.4. The molecule has 2 saturated heterocycles. The summed E-state index contributed by atoms with van der Waals surface area (Å²) in [5.41, 5.74) is 1.14. The molecular formula is C18H33NO. The average Bonchev–Trinajstić information content (AvgIpc) is 2.74. The SMILES string of the molecule is CC(C)(C)OC(C(C)(C)C)C12CCCN1CC1(CC1)C2. The Morgan fingerprint density at radius 2 is 1.65 bits per heavy atom. The number of nitrogens with zero attached hydrogens (tertiary/aromatic N) is 1. The summed E-state index contributed by atoms with van der Waals surface area (Å²) in [5, 5.41) is 0. The predicted octanol–water partition coefficient (Wildman–Crippen LogP) is 4.23. The Balaban J connectivity index is 1.92. The lowest BCUT2D eigenvalue weighted by atomic mass is 9.72. The van der Waals surface area contributed by atoms with Crippen LogP contribution in [0.3, 0.4) is 0 Å². The average molecular weight is 279 g/mol. The summed E-state index contributed by atoms with van der Waals surface area (Å²) in [7, 11) is 0. The maximum absolute atomic E-state index is 6.67. The first-order valence-electron chi connectivity index (χ1n) is 8.49. The summed E-state index contributed by atoms with van der Waals surface area (Å²) in [5.74, 6) is 0. The van der Waals surface area contributed by atoms with Gasteiger partial charge in [0.05, 0.1) is 11.7 Å². The molecule has 0 bridgehead atoms. The topological polar surface area (TPSA) is 12.5 Å². The fraction of sp³-hybridized carbons (Fsp3) is 1.00. The van der Waals surface area contributed by atoms with Crippen molar-refractivity contribution in [2.24, 2.45) is 10.8 Å². The zero-order valence-electron chi connectivity index (χ0n) is 14.4. The van der Waals surface area contributed by atoms with Gasteiger partial charge in [-0.3, -0.25) is 4.90 Å². The van der Waals surface area contributed by atoms with Gasteiger partial charge < -0.3 is 4.74 Å². The maximum atomic E-state index is 6.67. The molecule has 3 aliphatic rings. The molecule has 3 fully saturated rings. The molecular weight excluding hydrogens is 246 g/mol. The van der Waals surface area contributed by atoms with Gasteiger partial charge in [0.25, 0.3) is 0 Å². The highest BCUT2D eigenvalue weighted by Crippen LogP contribution is 2.63. The fourth-order valence-electron chi connectivity index (χ4n) is 4.85. The van der Waals surface area contributed by atoms with E-state index in [2.05, 4.69) is 46.4 Å². The van der Waals surface area contributed by atoms with E-state index >= 15 is 0 Å². The Morgan fingerprint density at radius 3 is 2.15 bits per heavy atom. The van der Waals surface area contributed by atoms with Crippen molar-refractivity contribution in [3.63, 3.8) is 0 Å². The zero-order chi connectivity index (χ0) is 14.8. The van der Waals surface area contributed by atoms with E-state index in [4.69, 9.17) is 4.74 Å². The van der Waals surface area contributed by atoms with Crippen LogP contribution in [0.25, 0.3) is 0 Å². The lowest BCUT2D eigenvalue weighted by Crippen LogP contribution is -2.57. The second-order valence-electron chi connectivity index (χ2n) is 9.78. The van der Waals surface area contributed by atoms with Crippen LogP contribution in [0.2, 0.25) is 0 Å². The van der Waals surface area contributed by atoms with Crippen LogP contribution in [0.1, 0.15) is 73.6 Å². The van der Waals surface area contributed by atoms with Gasteiger partial charge in [0.15, 0.2) is 0 Å². The summed E-state index contributed by atoms with van der Waals surface area (Å²) < 4.78 is 6.67. The van der Waals surface area contributed by atoms with Crippen molar-refractivity contribution in [1.29, 1.82) is 0 Å². The lowest BCUT2D eigenvalue weighted by molar-refractivity contribution is -0.159. The minimum absolute atomic E-state index is 0.0553. The van der Waals surface area contributed by atoms with E-state index in [-0.39, 0.29) is 11.0 Å². The molecule has 20 heavy (non-hydrogen) atoms. The highest BCUT2D eigenvalue weighted by molar-refractivity contribution is 5.18. The Hall–Kier alpha value is -0.0800. The predicted molar refractivity (Wildman–Crippen MR) is 83.9 cm³/mol. The van der Waals surface area contributed by atoms with Crippen LogP contribution in [0.4, 0.5) is 0 Å². The van der Waals surface area contributed by atoms with E-state index in [1.165, 1.54) is 45.2 Å². The van der Waals surface area contributed by atoms with Crippen molar-refractivity contribution in [2.45, 2.75) is 90.9 Å². The highest BCUT2D eigenvalue weighted by atomic mass is 16.5. The molecule has 2 atom stereocenters. The van der Waals surface area contributed by atoms with E-state index < -0.39 is 0 Å². The van der Waals surface area contributed by atoms with Gasteiger partial charge in [0.2, 0.25) is 0 Å². The van der Waals surface area contributed by atoms with Crippen LogP contribution in [0, 0.1) is 10.8 Å². The quantitative estimate of drug-likeness (QED) is 0.750. The van der Waals surface area contributed by atoms with E-state index in [1.54, 1.807) is 0 Å². The van der Waals surface area contributed by atoms with Gasteiger partial charge in [-0.15, -0.1) is 0 Å². The molecule has 116 valence electrons. The van der Waals surface area contributed by atoms with Gasteiger partial charge in [0, 0.05) is 12.1 Å². The summed E-state index contributed by atoms with van der Waals surface area (Å²) in [6.45, 7) is 16.4. The van der Waals surface area contributed by atoms with E-state index in [9.17, 15) is 0 Å². The summed E-state index contributed by atoms with van der Waals surface area (Å²) >= 11 is 0. The second-order valence-corrected chi connectivity index (χ2v) is 9.78. The molecule has 2 unspecified atom stereocenters. The van der Waals surface area contributed by atoms with Crippen molar-refractivity contribution in [3.05, 3.63) is 0 Å². The Bertz CT molecular complexity index is 385. The normalized spacial score (nSPS) is 34.5. The number of hydrogen-bond donors (Lipinski definition) is 0. The molecule has 1 saturated carbocycles. The molecule has 0 N–H and O–H groups in total. The van der Waals surface area contributed by atoms with Crippen LogP contribution < -0.4 is 0 Å². The first-order valence-corrected chi connectivity index (χ1v) is 8.49. The second kappa shape index (κ2) is 4.23. The van der Waals surface area contributed by atoms with E-state index in [0.29, 0.717) is 17.1 Å². The molecule has 2 aliphatic heterocycles. The van der Waals surface area contributed by atoms with Crippen molar-refractivity contribution in [2.75, 3.05) is 13.1 Å². The van der Waals surface area contributed by atoms with Gasteiger partial charge >= 0.3 is 0 Å². The van der Waals surface area contributed by atoms with Gasteiger partial charge in [0.1, 0.15) is 0 Å². The Labute approximate surface area is 125 Å². The van der Waals surface area contributed by atoms with E-state index in [1.807, 2.05) is 0 Å². The smallest absolute Gasteiger partial charge is 0.0814 e. The lowest BCUT2D eigenvalue weighted by Gasteiger charge is -2.48. The first-order chi connectivity index (χ1) is 9.07. The number of hydrogen-bond acceptors (Lipinski definition) is 2. The van der Waals surface area contributed by atoms with Crippen LogP contribution in [0.5, 0.6) is 0 Å². The molecule has 3 rings (SSSR count). The third kappa shape index (κ3) is 2.43. The van der Waals surface area contributed by atoms with Crippen LogP contribution in [-0.2, 0) is 4.74 Å². The van der Waals surface area contributed by atoms with Gasteiger partial charge in [-0.25, -0.2) is 0 Å². The molecule has 2 heteroatoms. The Kier molecular flexibility index (Phi) is 3.14. The number of rotatable bonds is 2. The summed E-state index contributed by atoms with van der Waals surface area (Å²) in [6, 6.07) is 0. The summed E-state index contributed by atoms with van der Waals surface area (Å²) in [4.78, 5) is 2.81. The highest BCUT2D eigenvalue weighted by Gasteiger charge is 2.64. The monoisotopic (exact) mass is 279 g/mol.